The molecule has 5 heteroatoms. The summed E-state index contributed by atoms with van der Waals surface area (Å²) in [6.07, 6.45) is 5.25. The Balaban J connectivity index is 1.86. The zero-order valence-electron chi connectivity index (χ0n) is 11.4. The molecule has 5 nitrogen and oxygen atoms in total. The molecule has 1 heterocycles. The summed E-state index contributed by atoms with van der Waals surface area (Å²) in [6, 6.07) is 10.3. The summed E-state index contributed by atoms with van der Waals surface area (Å²) in [7, 11) is 0. The van der Waals surface area contributed by atoms with E-state index in [2.05, 4.69) is 51.8 Å². The van der Waals surface area contributed by atoms with Gasteiger partial charge in [-0.05, 0) is 24.0 Å². The Bertz CT molecular complexity index is 586. The van der Waals surface area contributed by atoms with Gasteiger partial charge >= 0.3 is 0 Å². The smallest absolute Gasteiger partial charge is 0.182 e. The van der Waals surface area contributed by atoms with Gasteiger partial charge in [0.15, 0.2) is 6.19 Å². The first-order valence-electron chi connectivity index (χ1n) is 6.60. The molecule has 0 spiro atoms. The number of anilines is 2. The van der Waals surface area contributed by atoms with E-state index in [1.807, 2.05) is 6.19 Å². The van der Waals surface area contributed by atoms with E-state index in [-0.39, 0.29) is 0 Å². The number of nitrogens with one attached hydrogen (secondary N) is 2. The average molecular weight is 267 g/mol. The van der Waals surface area contributed by atoms with Gasteiger partial charge in [0, 0.05) is 12.6 Å². The van der Waals surface area contributed by atoms with Crippen LogP contribution in [0.4, 0.5) is 11.6 Å². The Morgan fingerprint density at radius 3 is 2.50 bits per heavy atom. The summed E-state index contributed by atoms with van der Waals surface area (Å²) in [6.45, 7) is 2.94. The van der Waals surface area contributed by atoms with E-state index in [1.165, 1.54) is 17.5 Å². The zero-order chi connectivity index (χ0) is 14.2. The van der Waals surface area contributed by atoms with Gasteiger partial charge < -0.3 is 5.32 Å². The molecule has 2 aromatic rings. The quantitative estimate of drug-likeness (QED) is 0.621. The van der Waals surface area contributed by atoms with Crippen LogP contribution in [-0.2, 0) is 12.8 Å². The second-order valence-corrected chi connectivity index (χ2v) is 4.37. The van der Waals surface area contributed by atoms with E-state index >= 15 is 0 Å². The van der Waals surface area contributed by atoms with Gasteiger partial charge in [-0.1, -0.05) is 31.2 Å². The van der Waals surface area contributed by atoms with Gasteiger partial charge in [-0.15, -0.1) is 0 Å². The van der Waals surface area contributed by atoms with Crippen molar-refractivity contribution in [2.75, 3.05) is 17.2 Å². The van der Waals surface area contributed by atoms with E-state index < -0.39 is 0 Å². The van der Waals surface area contributed by atoms with Gasteiger partial charge in [-0.3, -0.25) is 5.32 Å². The van der Waals surface area contributed by atoms with Crippen LogP contribution in [0.1, 0.15) is 18.1 Å². The molecule has 2 N–H and O–H groups in total. The molecule has 0 radical (unpaired) electrons. The molecule has 1 aromatic carbocycles. The molecule has 0 saturated heterocycles. The molecule has 20 heavy (non-hydrogen) atoms. The maximum absolute atomic E-state index is 8.54. The predicted octanol–water partition coefficient (Wildman–Crippen LogP) is 2.59. The van der Waals surface area contributed by atoms with Gasteiger partial charge in [0.25, 0.3) is 0 Å². The van der Waals surface area contributed by atoms with E-state index in [0.29, 0.717) is 11.6 Å². The van der Waals surface area contributed by atoms with Crippen molar-refractivity contribution < 1.29 is 0 Å². The Morgan fingerprint density at radius 2 is 1.80 bits per heavy atom. The first-order chi connectivity index (χ1) is 9.81. The lowest BCUT2D eigenvalue weighted by Gasteiger charge is -2.07. The Morgan fingerprint density at radius 1 is 1.10 bits per heavy atom. The largest absolute Gasteiger partial charge is 0.370 e. The third-order valence-corrected chi connectivity index (χ3v) is 3.00. The predicted molar refractivity (Wildman–Crippen MR) is 79.3 cm³/mol. The zero-order valence-corrected chi connectivity index (χ0v) is 11.4. The van der Waals surface area contributed by atoms with Crippen molar-refractivity contribution in [1.29, 1.82) is 5.26 Å². The highest BCUT2D eigenvalue weighted by Crippen LogP contribution is 2.09. The number of benzene rings is 1. The molecule has 0 saturated carbocycles. The lowest BCUT2D eigenvalue weighted by molar-refractivity contribution is 0.996. The van der Waals surface area contributed by atoms with Crippen LogP contribution in [0.25, 0.3) is 0 Å². The normalized spacial score (nSPS) is 9.80. The lowest BCUT2D eigenvalue weighted by Crippen LogP contribution is -2.07. The molecule has 0 fully saturated rings. The van der Waals surface area contributed by atoms with Crippen LogP contribution in [0.3, 0.4) is 0 Å². The van der Waals surface area contributed by atoms with Crippen LogP contribution in [0.5, 0.6) is 0 Å². The highest BCUT2D eigenvalue weighted by atomic mass is 15.1. The van der Waals surface area contributed by atoms with Crippen molar-refractivity contribution in [2.24, 2.45) is 0 Å². The molecule has 0 bridgehead atoms. The van der Waals surface area contributed by atoms with E-state index in [4.69, 9.17) is 5.26 Å². The lowest BCUT2D eigenvalue weighted by atomic mass is 10.1. The SMILES string of the molecule is CCc1ccc(CCNc2cc(NC#N)ncn2)cc1. The van der Waals surface area contributed by atoms with Gasteiger partial charge in [-0.25, -0.2) is 9.97 Å². The molecular formula is C15H17N5. The number of nitrogens with zero attached hydrogens (tertiary/aromatic N) is 3. The summed E-state index contributed by atoms with van der Waals surface area (Å²) in [5.74, 6) is 1.21. The minimum Gasteiger partial charge on any atom is -0.370 e. The highest BCUT2D eigenvalue weighted by Gasteiger charge is 1.98. The standard InChI is InChI=1S/C15H17N5/c1-2-12-3-5-13(6-4-12)7-8-17-14-9-15(18-10-16)20-11-19-14/h3-6,9,11H,2,7-8H2,1H3,(H2,17,18,19,20). The minimum absolute atomic E-state index is 0.497. The van der Waals surface area contributed by atoms with Crippen LogP contribution in [0.2, 0.25) is 0 Å². The fraction of sp³-hybridized carbons (Fsp3) is 0.267. The molecule has 0 aliphatic carbocycles. The fourth-order valence-electron chi connectivity index (χ4n) is 1.86. The number of aromatic nitrogens is 2. The monoisotopic (exact) mass is 267 g/mol. The van der Waals surface area contributed by atoms with Crippen LogP contribution < -0.4 is 10.6 Å². The highest BCUT2D eigenvalue weighted by molar-refractivity contribution is 5.48. The summed E-state index contributed by atoms with van der Waals surface area (Å²) in [4.78, 5) is 8.04. The number of nitriles is 1. The van der Waals surface area contributed by atoms with Crippen molar-refractivity contribution >= 4 is 11.6 Å². The molecule has 0 aliphatic heterocycles. The number of rotatable bonds is 6. The second kappa shape index (κ2) is 7.10. The van der Waals surface area contributed by atoms with Gasteiger partial charge in [0.05, 0.1) is 0 Å². The van der Waals surface area contributed by atoms with Gasteiger partial charge in [0.1, 0.15) is 18.0 Å². The molecule has 2 rings (SSSR count). The van der Waals surface area contributed by atoms with E-state index in [9.17, 15) is 0 Å². The van der Waals surface area contributed by atoms with Crippen LogP contribution in [0, 0.1) is 11.5 Å². The molecule has 0 amide bonds. The minimum atomic E-state index is 0.497. The first kappa shape index (κ1) is 13.8. The van der Waals surface area contributed by atoms with Gasteiger partial charge in [0.2, 0.25) is 0 Å². The molecule has 0 atom stereocenters. The van der Waals surface area contributed by atoms with Crippen LogP contribution in [0.15, 0.2) is 36.7 Å². The van der Waals surface area contributed by atoms with Crippen molar-refractivity contribution in [2.45, 2.75) is 19.8 Å². The third-order valence-electron chi connectivity index (χ3n) is 3.00. The summed E-state index contributed by atoms with van der Waals surface area (Å²) in [5.41, 5.74) is 2.64. The van der Waals surface area contributed by atoms with E-state index in [1.54, 1.807) is 6.07 Å². The maximum Gasteiger partial charge on any atom is 0.182 e. The summed E-state index contributed by atoms with van der Waals surface area (Å²) >= 11 is 0. The molecule has 0 aliphatic rings. The number of hydrogen-bond donors (Lipinski definition) is 2. The number of hydrogen-bond acceptors (Lipinski definition) is 5. The molecular weight excluding hydrogens is 250 g/mol. The Labute approximate surface area is 118 Å². The average Bonchev–Trinajstić information content (AvgIpc) is 2.49. The van der Waals surface area contributed by atoms with Crippen molar-refractivity contribution in [3.63, 3.8) is 0 Å². The van der Waals surface area contributed by atoms with Crippen molar-refractivity contribution in [1.82, 2.24) is 9.97 Å². The third kappa shape index (κ3) is 3.95. The fourth-order valence-corrected chi connectivity index (χ4v) is 1.86. The Kier molecular flexibility index (Phi) is 4.90. The maximum atomic E-state index is 8.54. The van der Waals surface area contributed by atoms with Crippen LogP contribution in [-0.4, -0.2) is 16.5 Å². The topological polar surface area (TPSA) is 73.6 Å². The first-order valence-corrected chi connectivity index (χ1v) is 6.60. The van der Waals surface area contributed by atoms with Crippen LogP contribution >= 0.6 is 0 Å². The van der Waals surface area contributed by atoms with E-state index in [0.717, 1.165) is 19.4 Å². The van der Waals surface area contributed by atoms with Crippen molar-refractivity contribution in [3.05, 3.63) is 47.8 Å². The van der Waals surface area contributed by atoms with Crippen molar-refractivity contribution in [3.8, 4) is 6.19 Å². The van der Waals surface area contributed by atoms with Gasteiger partial charge in [-0.2, -0.15) is 5.26 Å². The number of aryl methyl sites for hydroxylation is 1. The molecule has 102 valence electrons. The Hall–Kier alpha value is -2.61. The summed E-state index contributed by atoms with van der Waals surface area (Å²) in [5, 5.41) is 14.2. The second-order valence-electron chi connectivity index (χ2n) is 4.37. The molecule has 1 aromatic heterocycles. The molecule has 0 unspecified atom stereocenters. The summed E-state index contributed by atoms with van der Waals surface area (Å²) < 4.78 is 0.